The highest BCUT2D eigenvalue weighted by Crippen LogP contribution is 2.37. The Bertz CT molecular complexity index is 904. The molecule has 1 amide bonds. The van der Waals surface area contributed by atoms with Crippen LogP contribution in [0.15, 0.2) is 36.4 Å². The number of nitrogens with zero attached hydrogens (tertiary/aromatic N) is 1. The molecule has 2 aromatic rings. The van der Waals surface area contributed by atoms with Crippen molar-refractivity contribution in [3.63, 3.8) is 0 Å². The topological polar surface area (TPSA) is 48.0 Å². The van der Waals surface area contributed by atoms with Crippen LogP contribution in [0.25, 0.3) is 0 Å². The van der Waals surface area contributed by atoms with Crippen molar-refractivity contribution >= 4 is 5.91 Å². The fraction of sp³-hybridized carbons (Fsp3) is 0.458. The third-order valence-electron chi connectivity index (χ3n) is 6.27. The Morgan fingerprint density at radius 1 is 1.00 bits per heavy atom. The molecule has 0 spiro atoms. The van der Waals surface area contributed by atoms with E-state index >= 15 is 0 Å². The van der Waals surface area contributed by atoms with Crippen LogP contribution in [0.4, 0.5) is 0 Å². The van der Waals surface area contributed by atoms with Gasteiger partial charge in [0, 0.05) is 30.6 Å². The number of rotatable bonds is 5. The number of carbonyl (C=O) groups is 1. The first-order valence-electron chi connectivity index (χ1n) is 10.7. The molecular formula is C24H27NO4. The molecule has 2 aromatic carbocycles. The van der Waals surface area contributed by atoms with Crippen LogP contribution in [0.2, 0.25) is 0 Å². The summed E-state index contributed by atoms with van der Waals surface area (Å²) in [6, 6.07) is 11.8. The molecule has 1 saturated carbocycles. The maximum Gasteiger partial charge on any atom is 0.254 e. The number of hydrogen-bond acceptors (Lipinski definition) is 4. The Kier molecular flexibility index (Phi) is 5.04. The average Bonchev–Trinajstić information content (AvgIpc) is 3.42. The number of benzene rings is 2. The summed E-state index contributed by atoms with van der Waals surface area (Å²) in [6.45, 7) is 2.27. The summed E-state index contributed by atoms with van der Waals surface area (Å²) in [4.78, 5) is 15.5. The van der Waals surface area contributed by atoms with Crippen LogP contribution >= 0.6 is 0 Å². The number of para-hydroxylation sites is 1. The summed E-state index contributed by atoms with van der Waals surface area (Å²) >= 11 is 0. The lowest BCUT2D eigenvalue weighted by Crippen LogP contribution is -2.35. The predicted octanol–water partition coefficient (Wildman–Crippen LogP) is 4.57. The predicted molar refractivity (Wildman–Crippen MR) is 110 cm³/mol. The fourth-order valence-corrected chi connectivity index (χ4v) is 4.72. The molecule has 0 saturated heterocycles. The van der Waals surface area contributed by atoms with Crippen molar-refractivity contribution in [2.24, 2.45) is 5.92 Å². The number of fused-ring (bicyclic) bond motifs is 2. The average molecular weight is 393 g/mol. The van der Waals surface area contributed by atoms with E-state index < -0.39 is 0 Å². The number of amides is 1. The Balaban J connectivity index is 1.42. The lowest BCUT2D eigenvalue weighted by atomic mass is 9.88. The van der Waals surface area contributed by atoms with E-state index in [1.54, 1.807) is 0 Å². The number of ether oxygens (including phenoxy) is 3. The maximum absolute atomic E-state index is 13.5. The number of carbonyl (C=O) groups excluding carboxylic acids is 1. The molecule has 29 heavy (non-hydrogen) atoms. The van der Waals surface area contributed by atoms with Crippen molar-refractivity contribution in [3.05, 3.63) is 53.1 Å². The maximum atomic E-state index is 13.5. The van der Waals surface area contributed by atoms with Crippen LogP contribution in [-0.4, -0.2) is 30.8 Å². The minimum atomic E-state index is 0.0850. The Morgan fingerprint density at radius 2 is 1.90 bits per heavy atom. The fourth-order valence-electron chi connectivity index (χ4n) is 4.72. The van der Waals surface area contributed by atoms with Gasteiger partial charge in [-0.1, -0.05) is 31.4 Å². The monoisotopic (exact) mass is 393 g/mol. The molecule has 5 nitrogen and oxygen atoms in total. The van der Waals surface area contributed by atoms with Gasteiger partial charge in [0.25, 0.3) is 5.91 Å². The highest BCUT2D eigenvalue weighted by Gasteiger charge is 2.26. The Hall–Kier alpha value is -2.69. The van der Waals surface area contributed by atoms with Crippen molar-refractivity contribution in [2.45, 2.75) is 45.1 Å². The highest BCUT2D eigenvalue weighted by atomic mass is 16.7. The first-order valence-corrected chi connectivity index (χ1v) is 10.7. The van der Waals surface area contributed by atoms with Gasteiger partial charge in [0.2, 0.25) is 6.79 Å². The molecule has 0 atom stereocenters. The zero-order valence-corrected chi connectivity index (χ0v) is 16.7. The van der Waals surface area contributed by atoms with Crippen molar-refractivity contribution in [1.82, 2.24) is 4.90 Å². The van der Waals surface area contributed by atoms with E-state index in [0.717, 1.165) is 46.9 Å². The van der Waals surface area contributed by atoms with Gasteiger partial charge in [-0.3, -0.25) is 4.79 Å². The van der Waals surface area contributed by atoms with Crippen molar-refractivity contribution < 1.29 is 19.0 Å². The molecule has 1 fully saturated rings. The molecule has 0 aromatic heterocycles. The molecule has 3 aliphatic rings. The van der Waals surface area contributed by atoms with Gasteiger partial charge in [-0.2, -0.15) is 0 Å². The molecule has 2 heterocycles. The van der Waals surface area contributed by atoms with E-state index in [1.807, 2.05) is 41.3 Å². The molecule has 0 unspecified atom stereocenters. The van der Waals surface area contributed by atoms with Crippen molar-refractivity contribution in [1.29, 1.82) is 0 Å². The summed E-state index contributed by atoms with van der Waals surface area (Å²) in [7, 11) is 0. The molecule has 0 bridgehead atoms. The SMILES string of the molecule is O=C(c1ccc2c(c1)CCO2)N(Cc1cccc2c1OCO2)CC1CCCCC1. The lowest BCUT2D eigenvalue weighted by molar-refractivity contribution is 0.0697. The third kappa shape index (κ3) is 3.78. The molecule has 152 valence electrons. The van der Waals surface area contributed by atoms with E-state index in [0.29, 0.717) is 19.1 Å². The molecule has 0 radical (unpaired) electrons. The molecule has 5 heteroatoms. The lowest BCUT2D eigenvalue weighted by Gasteiger charge is -2.30. The molecule has 0 N–H and O–H groups in total. The van der Waals surface area contributed by atoms with Gasteiger partial charge in [-0.05, 0) is 48.6 Å². The summed E-state index contributed by atoms with van der Waals surface area (Å²) in [5.41, 5.74) is 2.88. The first-order chi connectivity index (χ1) is 14.3. The van der Waals surface area contributed by atoms with Crippen LogP contribution in [0.5, 0.6) is 17.2 Å². The first kappa shape index (κ1) is 18.3. The van der Waals surface area contributed by atoms with Crippen LogP contribution < -0.4 is 14.2 Å². The third-order valence-corrected chi connectivity index (χ3v) is 6.27. The Labute approximate surface area is 171 Å². The summed E-state index contributed by atoms with van der Waals surface area (Å²) in [5.74, 6) is 3.10. The van der Waals surface area contributed by atoms with E-state index in [-0.39, 0.29) is 12.7 Å². The largest absolute Gasteiger partial charge is 0.493 e. The second kappa shape index (κ2) is 7.97. The van der Waals surface area contributed by atoms with Gasteiger partial charge in [-0.25, -0.2) is 0 Å². The van der Waals surface area contributed by atoms with Crippen molar-refractivity contribution in [3.8, 4) is 17.2 Å². The highest BCUT2D eigenvalue weighted by molar-refractivity contribution is 5.94. The van der Waals surface area contributed by atoms with Gasteiger partial charge >= 0.3 is 0 Å². The second-order valence-electron chi connectivity index (χ2n) is 8.26. The van der Waals surface area contributed by atoms with E-state index in [2.05, 4.69) is 0 Å². The molecule has 1 aliphatic carbocycles. The minimum Gasteiger partial charge on any atom is -0.493 e. The second-order valence-corrected chi connectivity index (χ2v) is 8.26. The normalized spacial score (nSPS) is 17.7. The molecular weight excluding hydrogens is 366 g/mol. The van der Waals surface area contributed by atoms with Gasteiger partial charge in [0.1, 0.15) is 5.75 Å². The van der Waals surface area contributed by atoms with Gasteiger partial charge in [0.05, 0.1) is 6.61 Å². The standard InChI is InChI=1S/C24H27NO4/c26-24(19-9-10-21-18(13-19)11-12-27-21)25(14-17-5-2-1-3-6-17)15-20-7-4-8-22-23(20)29-16-28-22/h4,7-10,13,17H,1-3,5-6,11-12,14-16H2. The van der Waals surface area contributed by atoms with Gasteiger partial charge in [0.15, 0.2) is 11.5 Å². The van der Waals surface area contributed by atoms with Gasteiger partial charge < -0.3 is 19.1 Å². The van der Waals surface area contributed by atoms with Crippen molar-refractivity contribution in [2.75, 3.05) is 19.9 Å². The van der Waals surface area contributed by atoms with E-state index in [4.69, 9.17) is 14.2 Å². The molecule has 5 rings (SSSR count). The molecule has 2 aliphatic heterocycles. The number of hydrogen-bond donors (Lipinski definition) is 0. The summed E-state index contributed by atoms with van der Waals surface area (Å²) < 4.78 is 16.8. The van der Waals surface area contributed by atoms with Crippen LogP contribution in [0.3, 0.4) is 0 Å². The minimum absolute atomic E-state index is 0.0850. The zero-order chi connectivity index (χ0) is 19.6. The summed E-state index contributed by atoms with van der Waals surface area (Å²) in [6.07, 6.45) is 7.12. The van der Waals surface area contributed by atoms with Crippen LogP contribution in [-0.2, 0) is 13.0 Å². The zero-order valence-electron chi connectivity index (χ0n) is 16.7. The summed E-state index contributed by atoms with van der Waals surface area (Å²) in [5, 5.41) is 0. The van der Waals surface area contributed by atoms with Crippen LogP contribution in [0.1, 0.15) is 53.6 Å². The smallest absolute Gasteiger partial charge is 0.254 e. The Morgan fingerprint density at radius 3 is 2.79 bits per heavy atom. The van der Waals surface area contributed by atoms with Crippen LogP contribution in [0, 0.1) is 5.92 Å². The van der Waals surface area contributed by atoms with E-state index in [9.17, 15) is 4.79 Å². The van der Waals surface area contributed by atoms with Gasteiger partial charge in [-0.15, -0.1) is 0 Å². The quantitative estimate of drug-likeness (QED) is 0.746. The van der Waals surface area contributed by atoms with E-state index in [1.165, 1.54) is 32.1 Å².